The van der Waals surface area contributed by atoms with Crippen molar-refractivity contribution in [3.8, 4) is 5.69 Å². The van der Waals surface area contributed by atoms with Crippen LogP contribution in [0.5, 0.6) is 0 Å². The van der Waals surface area contributed by atoms with E-state index in [4.69, 9.17) is 14.6 Å². The Balaban J connectivity index is 1.29. The smallest absolute Gasteiger partial charge is 0.160 e. The quantitative estimate of drug-likeness (QED) is 0.847. The molecular formula is C21H27N3O2. The van der Waals surface area contributed by atoms with Crippen LogP contribution in [-0.2, 0) is 28.9 Å². The number of piperidine rings is 1. The Labute approximate surface area is 154 Å². The topological polar surface area (TPSA) is 39.5 Å². The Bertz CT molecular complexity index is 744. The Morgan fingerprint density at radius 2 is 1.77 bits per heavy atom. The molecular weight excluding hydrogens is 326 g/mol. The maximum absolute atomic E-state index is 5.70. The van der Waals surface area contributed by atoms with Gasteiger partial charge in [0, 0.05) is 18.2 Å². The zero-order valence-electron chi connectivity index (χ0n) is 15.3. The summed E-state index contributed by atoms with van der Waals surface area (Å²) in [6.07, 6.45) is 5.94. The summed E-state index contributed by atoms with van der Waals surface area (Å²) < 4.78 is 13.6. The first-order valence-electron chi connectivity index (χ1n) is 9.99. The summed E-state index contributed by atoms with van der Waals surface area (Å²) in [7, 11) is 0. The molecule has 5 nitrogen and oxygen atoms in total. The molecule has 0 saturated carbocycles. The Morgan fingerprint density at radius 3 is 2.54 bits per heavy atom. The van der Waals surface area contributed by atoms with Crippen LogP contribution in [0.1, 0.15) is 36.2 Å². The molecule has 1 aliphatic carbocycles. The van der Waals surface area contributed by atoms with E-state index in [0.717, 1.165) is 52.1 Å². The van der Waals surface area contributed by atoms with Gasteiger partial charge in [-0.1, -0.05) is 18.2 Å². The highest BCUT2D eigenvalue weighted by molar-refractivity contribution is 5.39. The summed E-state index contributed by atoms with van der Waals surface area (Å²) in [6.45, 7) is 4.71. The van der Waals surface area contributed by atoms with E-state index in [1.54, 1.807) is 0 Å². The average Bonchev–Trinajstić information content (AvgIpc) is 3.43. The number of likely N-dealkylation sites (tertiary alicyclic amines) is 1. The van der Waals surface area contributed by atoms with Crippen LogP contribution in [0.25, 0.3) is 5.69 Å². The molecule has 2 aliphatic heterocycles. The second kappa shape index (κ2) is 7.14. The van der Waals surface area contributed by atoms with Crippen molar-refractivity contribution in [1.82, 2.24) is 14.7 Å². The lowest BCUT2D eigenvalue weighted by Gasteiger charge is -2.33. The van der Waals surface area contributed by atoms with E-state index in [1.807, 2.05) is 0 Å². The van der Waals surface area contributed by atoms with Crippen LogP contribution in [0.4, 0.5) is 0 Å². The maximum Gasteiger partial charge on any atom is 0.160 e. The van der Waals surface area contributed by atoms with Gasteiger partial charge in [-0.3, -0.25) is 4.90 Å². The molecule has 0 amide bonds. The third-order valence-electron chi connectivity index (χ3n) is 6.05. The number of ether oxygens (including phenoxy) is 2. The highest BCUT2D eigenvalue weighted by atomic mass is 16.7. The van der Waals surface area contributed by atoms with E-state index in [1.165, 1.54) is 35.5 Å². The van der Waals surface area contributed by atoms with Gasteiger partial charge in [0.05, 0.1) is 24.6 Å². The number of aromatic nitrogens is 2. The number of para-hydroxylation sites is 1. The van der Waals surface area contributed by atoms with Crippen LogP contribution >= 0.6 is 0 Å². The number of rotatable bonds is 4. The molecule has 0 spiro atoms. The van der Waals surface area contributed by atoms with Gasteiger partial charge in [0.15, 0.2) is 6.29 Å². The molecule has 2 aromatic rings. The fourth-order valence-electron chi connectivity index (χ4n) is 4.67. The van der Waals surface area contributed by atoms with Gasteiger partial charge in [0.2, 0.25) is 0 Å². The van der Waals surface area contributed by atoms with Crippen LogP contribution in [0, 0.1) is 5.92 Å². The zero-order chi connectivity index (χ0) is 17.3. The molecule has 1 aromatic carbocycles. The van der Waals surface area contributed by atoms with Crippen LogP contribution in [0.15, 0.2) is 30.3 Å². The minimum atomic E-state index is 0.0405. The van der Waals surface area contributed by atoms with Crippen molar-refractivity contribution < 1.29 is 9.47 Å². The minimum absolute atomic E-state index is 0.0405. The predicted molar refractivity (Wildman–Crippen MR) is 99.3 cm³/mol. The van der Waals surface area contributed by atoms with E-state index in [2.05, 4.69) is 39.9 Å². The molecule has 0 N–H and O–H groups in total. The van der Waals surface area contributed by atoms with Gasteiger partial charge < -0.3 is 9.47 Å². The van der Waals surface area contributed by atoms with Gasteiger partial charge >= 0.3 is 0 Å². The molecule has 26 heavy (non-hydrogen) atoms. The SMILES string of the molecule is c1ccc(-n2nc(CN3CCC(C4OCCO4)CC3)c3c2CCC3)cc1. The van der Waals surface area contributed by atoms with E-state index in [-0.39, 0.29) is 6.29 Å². The number of hydrogen-bond acceptors (Lipinski definition) is 4. The first kappa shape index (κ1) is 16.5. The molecule has 0 radical (unpaired) electrons. The van der Waals surface area contributed by atoms with Gasteiger partial charge in [0.1, 0.15) is 0 Å². The maximum atomic E-state index is 5.70. The van der Waals surface area contributed by atoms with Gasteiger partial charge in [-0.25, -0.2) is 4.68 Å². The van der Waals surface area contributed by atoms with Gasteiger partial charge in [-0.05, 0) is 62.9 Å². The molecule has 138 valence electrons. The van der Waals surface area contributed by atoms with Crippen molar-refractivity contribution in [2.75, 3.05) is 26.3 Å². The molecule has 1 aromatic heterocycles. The molecule has 5 heteroatoms. The van der Waals surface area contributed by atoms with E-state index in [9.17, 15) is 0 Å². The van der Waals surface area contributed by atoms with E-state index >= 15 is 0 Å². The van der Waals surface area contributed by atoms with Crippen molar-refractivity contribution in [2.45, 2.75) is 44.9 Å². The number of nitrogens with zero attached hydrogens (tertiary/aromatic N) is 3. The third-order valence-corrected chi connectivity index (χ3v) is 6.05. The highest BCUT2D eigenvalue weighted by Gasteiger charge is 2.31. The molecule has 0 bridgehead atoms. The minimum Gasteiger partial charge on any atom is -0.350 e. The molecule has 0 atom stereocenters. The van der Waals surface area contributed by atoms with Crippen LogP contribution < -0.4 is 0 Å². The molecule has 0 unspecified atom stereocenters. The fourth-order valence-corrected chi connectivity index (χ4v) is 4.67. The summed E-state index contributed by atoms with van der Waals surface area (Å²) in [5.74, 6) is 0.557. The van der Waals surface area contributed by atoms with Crippen LogP contribution in [-0.4, -0.2) is 47.3 Å². The lowest BCUT2D eigenvalue weighted by molar-refractivity contribution is -0.0978. The van der Waals surface area contributed by atoms with Crippen molar-refractivity contribution in [1.29, 1.82) is 0 Å². The summed E-state index contributed by atoms with van der Waals surface area (Å²) >= 11 is 0. The van der Waals surface area contributed by atoms with Gasteiger partial charge in [0.25, 0.3) is 0 Å². The second-order valence-electron chi connectivity index (χ2n) is 7.70. The Kier molecular flexibility index (Phi) is 4.53. The van der Waals surface area contributed by atoms with Crippen LogP contribution in [0.2, 0.25) is 0 Å². The summed E-state index contributed by atoms with van der Waals surface area (Å²) in [4.78, 5) is 2.56. The first-order chi connectivity index (χ1) is 12.9. The molecule has 2 fully saturated rings. The molecule has 5 rings (SSSR count). The summed E-state index contributed by atoms with van der Waals surface area (Å²) in [5, 5.41) is 5.02. The van der Waals surface area contributed by atoms with Crippen molar-refractivity contribution in [3.63, 3.8) is 0 Å². The average molecular weight is 353 g/mol. The van der Waals surface area contributed by atoms with Crippen molar-refractivity contribution >= 4 is 0 Å². The van der Waals surface area contributed by atoms with E-state index < -0.39 is 0 Å². The lowest BCUT2D eigenvalue weighted by Crippen LogP contribution is -2.38. The predicted octanol–water partition coefficient (Wildman–Crippen LogP) is 2.95. The highest BCUT2D eigenvalue weighted by Crippen LogP contribution is 2.30. The number of hydrogen-bond donors (Lipinski definition) is 0. The van der Waals surface area contributed by atoms with Crippen molar-refractivity contribution in [3.05, 3.63) is 47.3 Å². The molecule has 3 aliphatic rings. The summed E-state index contributed by atoms with van der Waals surface area (Å²) in [5.41, 5.74) is 5.39. The zero-order valence-corrected chi connectivity index (χ0v) is 15.3. The summed E-state index contributed by atoms with van der Waals surface area (Å²) in [6, 6.07) is 10.6. The standard InChI is InChI=1S/C21H27N3O2/c1-2-5-17(6-3-1)24-20-8-4-7-18(20)19(22-24)15-23-11-9-16(10-12-23)21-25-13-14-26-21/h1-3,5-6,16,21H,4,7-15H2. The second-order valence-corrected chi connectivity index (χ2v) is 7.70. The van der Waals surface area contributed by atoms with Gasteiger partial charge in [-0.2, -0.15) is 5.10 Å². The first-order valence-corrected chi connectivity index (χ1v) is 9.99. The van der Waals surface area contributed by atoms with Gasteiger partial charge in [-0.15, -0.1) is 0 Å². The van der Waals surface area contributed by atoms with E-state index in [0.29, 0.717) is 5.92 Å². The monoisotopic (exact) mass is 353 g/mol. The number of benzene rings is 1. The third kappa shape index (κ3) is 3.08. The largest absolute Gasteiger partial charge is 0.350 e. The van der Waals surface area contributed by atoms with Crippen molar-refractivity contribution in [2.24, 2.45) is 5.92 Å². The molecule has 3 heterocycles. The van der Waals surface area contributed by atoms with Crippen LogP contribution in [0.3, 0.4) is 0 Å². The molecule has 2 saturated heterocycles. The fraction of sp³-hybridized carbons (Fsp3) is 0.571. The number of fused-ring (bicyclic) bond motifs is 1. The Morgan fingerprint density at radius 1 is 1.00 bits per heavy atom. The lowest BCUT2D eigenvalue weighted by atomic mass is 9.96. The normalized spacial score (nSPS) is 22.2. The Hall–Kier alpha value is -1.69.